The maximum atomic E-state index is 11.3. The van der Waals surface area contributed by atoms with Crippen LogP contribution in [0.2, 0.25) is 0 Å². The molecule has 5 heteroatoms. The third-order valence-electron chi connectivity index (χ3n) is 5.43. The van der Waals surface area contributed by atoms with E-state index in [-0.39, 0.29) is 10.6 Å². The van der Waals surface area contributed by atoms with Crippen LogP contribution in [0.15, 0.2) is 40.9 Å². The normalized spacial score (nSPS) is 32.6. The first-order valence-electron chi connectivity index (χ1n) is 8.20. The molecule has 1 aromatic rings. The molecule has 23 heavy (non-hydrogen) atoms. The molecule has 0 radical (unpaired) electrons. The molecule has 1 aliphatic heterocycles. The van der Waals surface area contributed by atoms with Gasteiger partial charge < -0.3 is 5.32 Å². The maximum absolute atomic E-state index is 11.3. The predicted octanol–water partition coefficient (Wildman–Crippen LogP) is 4.42. The average Bonchev–Trinajstić information content (AvgIpc) is 2.92. The van der Waals surface area contributed by atoms with Gasteiger partial charge in [0.25, 0.3) is 5.69 Å². The number of hydrogen-bond acceptors (Lipinski definition) is 3. The number of nitro benzene ring substituents is 1. The van der Waals surface area contributed by atoms with Gasteiger partial charge in [0.05, 0.1) is 10.5 Å². The average molecular weight is 375 g/mol. The van der Waals surface area contributed by atoms with Gasteiger partial charge in [-0.1, -0.05) is 40.2 Å². The van der Waals surface area contributed by atoms with Gasteiger partial charge in [-0.25, -0.2) is 0 Å². The summed E-state index contributed by atoms with van der Waals surface area (Å²) in [5.41, 5.74) is 2.15. The van der Waals surface area contributed by atoms with Gasteiger partial charge in [0.15, 0.2) is 0 Å². The second kappa shape index (κ2) is 5.87. The van der Waals surface area contributed by atoms with Crippen molar-refractivity contribution in [3.63, 3.8) is 0 Å². The van der Waals surface area contributed by atoms with Crippen LogP contribution in [0.4, 0.5) is 5.69 Å². The highest BCUT2D eigenvalue weighted by Gasteiger charge is 2.43. The van der Waals surface area contributed by atoms with Crippen molar-refractivity contribution in [2.75, 3.05) is 0 Å². The molecule has 1 N–H and O–H groups in total. The van der Waals surface area contributed by atoms with Crippen molar-refractivity contribution in [3.05, 3.63) is 56.6 Å². The van der Waals surface area contributed by atoms with Crippen molar-refractivity contribution >= 4 is 27.2 Å². The summed E-state index contributed by atoms with van der Waals surface area (Å²) in [7, 11) is 0. The first-order chi connectivity index (χ1) is 11.1. The lowest BCUT2D eigenvalue weighted by atomic mass is 9.76. The molecule has 1 heterocycles. The van der Waals surface area contributed by atoms with Crippen molar-refractivity contribution in [1.29, 1.82) is 0 Å². The van der Waals surface area contributed by atoms with Crippen LogP contribution in [0.1, 0.15) is 31.2 Å². The van der Waals surface area contributed by atoms with Crippen LogP contribution in [-0.2, 0) is 0 Å². The Labute approximate surface area is 143 Å². The van der Waals surface area contributed by atoms with Crippen LogP contribution in [0.5, 0.6) is 0 Å². The van der Waals surface area contributed by atoms with Crippen LogP contribution in [0.3, 0.4) is 0 Å². The lowest BCUT2D eigenvalue weighted by molar-refractivity contribution is -0.385. The Morgan fingerprint density at radius 2 is 1.78 bits per heavy atom. The minimum Gasteiger partial charge on any atom is -0.310 e. The molecule has 3 aliphatic rings. The molecule has 0 spiro atoms. The van der Waals surface area contributed by atoms with Gasteiger partial charge in [0.2, 0.25) is 0 Å². The molecule has 0 saturated carbocycles. The number of nitro groups is 1. The van der Waals surface area contributed by atoms with E-state index in [2.05, 4.69) is 33.4 Å². The SMILES string of the molecule is O=[N+]([O-])c1ccccc1C1=CC2C(CC1)NC1CCC(Br)=CC12. The molecular weight excluding hydrogens is 356 g/mol. The zero-order chi connectivity index (χ0) is 16.0. The first kappa shape index (κ1) is 15.1. The van der Waals surface area contributed by atoms with Crippen LogP contribution >= 0.6 is 15.9 Å². The van der Waals surface area contributed by atoms with E-state index in [9.17, 15) is 10.1 Å². The highest BCUT2D eigenvalue weighted by molar-refractivity contribution is 9.11. The predicted molar refractivity (Wildman–Crippen MR) is 94.2 cm³/mol. The summed E-state index contributed by atoms with van der Waals surface area (Å²) in [5.74, 6) is 0.942. The first-order valence-corrected chi connectivity index (χ1v) is 8.99. The third-order valence-corrected chi connectivity index (χ3v) is 6.10. The summed E-state index contributed by atoms with van der Waals surface area (Å²) in [6.45, 7) is 0. The lowest BCUT2D eigenvalue weighted by Gasteiger charge is -2.28. The Morgan fingerprint density at radius 1 is 1.09 bits per heavy atom. The van der Waals surface area contributed by atoms with Crippen molar-refractivity contribution in [1.82, 2.24) is 5.32 Å². The fourth-order valence-electron chi connectivity index (χ4n) is 4.38. The molecule has 4 unspecified atom stereocenters. The number of para-hydroxylation sites is 1. The molecule has 1 aromatic carbocycles. The number of hydrogen-bond donors (Lipinski definition) is 1. The monoisotopic (exact) mass is 374 g/mol. The fraction of sp³-hybridized carbons (Fsp3) is 0.444. The van der Waals surface area contributed by atoms with E-state index in [1.165, 1.54) is 10.9 Å². The van der Waals surface area contributed by atoms with Gasteiger partial charge in [-0.2, -0.15) is 0 Å². The maximum Gasteiger partial charge on any atom is 0.276 e. The summed E-state index contributed by atoms with van der Waals surface area (Å²) in [5, 5.41) is 15.1. The number of nitrogens with zero attached hydrogens (tertiary/aromatic N) is 1. The van der Waals surface area contributed by atoms with E-state index in [1.54, 1.807) is 12.1 Å². The summed E-state index contributed by atoms with van der Waals surface area (Å²) in [4.78, 5) is 11.0. The third kappa shape index (κ3) is 2.66. The molecular formula is C18H19BrN2O2. The molecule has 4 atom stereocenters. The summed E-state index contributed by atoms with van der Waals surface area (Å²) in [6, 6.07) is 8.18. The number of benzene rings is 1. The number of nitrogens with one attached hydrogen (secondary N) is 1. The largest absolute Gasteiger partial charge is 0.310 e. The van der Waals surface area contributed by atoms with Gasteiger partial charge in [0, 0.05) is 30.0 Å². The van der Waals surface area contributed by atoms with E-state index in [4.69, 9.17) is 0 Å². The zero-order valence-corrected chi connectivity index (χ0v) is 14.3. The van der Waals surface area contributed by atoms with Gasteiger partial charge in [-0.15, -0.1) is 0 Å². The van der Waals surface area contributed by atoms with E-state index >= 15 is 0 Å². The quantitative estimate of drug-likeness (QED) is 0.615. The van der Waals surface area contributed by atoms with Gasteiger partial charge in [-0.05, 0) is 41.8 Å². The Balaban J connectivity index is 1.71. The van der Waals surface area contributed by atoms with Gasteiger partial charge >= 0.3 is 0 Å². The van der Waals surface area contributed by atoms with Crippen LogP contribution in [0, 0.1) is 22.0 Å². The fourth-order valence-corrected chi connectivity index (χ4v) is 4.91. The van der Waals surface area contributed by atoms with E-state index in [1.807, 2.05) is 12.1 Å². The van der Waals surface area contributed by atoms with Gasteiger partial charge in [-0.3, -0.25) is 10.1 Å². The minimum absolute atomic E-state index is 0.222. The molecule has 120 valence electrons. The van der Waals surface area contributed by atoms with Gasteiger partial charge in [0.1, 0.15) is 0 Å². The Morgan fingerprint density at radius 3 is 2.57 bits per heavy atom. The highest BCUT2D eigenvalue weighted by Crippen LogP contribution is 2.45. The van der Waals surface area contributed by atoms with E-state index < -0.39 is 0 Å². The Bertz CT molecular complexity index is 713. The molecule has 1 saturated heterocycles. The smallest absolute Gasteiger partial charge is 0.276 e. The summed E-state index contributed by atoms with van der Waals surface area (Å²) >= 11 is 3.66. The molecule has 4 nitrogen and oxygen atoms in total. The van der Waals surface area contributed by atoms with E-state index in [0.717, 1.165) is 30.4 Å². The zero-order valence-electron chi connectivity index (χ0n) is 12.7. The van der Waals surface area contributed by atoms with E-state index in [0.29, 0.717) is 23.9 Å². The molecule has 0 bridgehead atoms. The minimum atomic E-state index is -0.269. The molecule has 4 rings (SSSR count). The topological polar surface area (TPSA) is 55.2 Å². The van der Waals surface area contributed by atoms with Crippen molar-refractivity contribution in [3.8, 4) is 0 Å². The van der Waals surface area contributed by atoms with Crippen LogP contribution in [0.25, 0.3) is 5.57 Å². The van der Waals surface area contributed by atoms with Crippen LogP contribution < -0.4 is 5.32 Å². The standard InChI is InChI=1S/C18H19BrN2O2/c19-12-6-8-17-15(10-12)14-9-11(5-7-16(14)20-17)13-3-1-2-4-18(13)21(22)23/h1-4,9-10,14-17,20H,5-8H2. The number of fused-ring (bicyclic) bond motifs is 3. The summed E-state index contributed by atoms with van der Waals surface area (Å²) in [6.07, 6.45) is 8.89. The van der Waals surface area contributed by atoms with Crippen molar-refractivity contribution in [2.45, 2.75) is 37.8 Å². The van der Waals surface area contributed by atoms with Crippen LogP contribution in [-0.4, -0.2) is 17.0 Å². The lowest BCUT2D eigenvalue weighted by Crippen LogP contribution is -2.33. The molecule has 0 amide bonds. The molecule has 2 aliphatic carbocycles. The second-order valence-corrected chi connectivity index (χ2v) is 7.71. The Kier molecular flexibility index (Phi) is 3.85. The van der Waals surface area contributed by atoms with Crippen molar-refractivity contribution < 1.29 is 4.92 Å². The number of rotatable bonds is 2. The highest BCUT2D eigenvalue weighted by atomic mass is 79.9. The second-order valence-electron chi connectivity index (χ2n) is 6.69. The number of allylic oxidation sites excluding steroid dienone is 2. The number of halogens is 1. The summed E-state index contributed by atoms with van der Waals surface area (Å²) < 4.78 is 1.30. The Hall–Kier alpha value is -1.46. The molecule has 1 fully saturated rings. The molecule has 0 aromatic heterocycles. The van der Waals surface area contributed by atoms with Crippen molar-refractivity contribution in [2.24, 2.45) is 11.8 Å².